The van der Waals surface area contributed by atoms with Crippen molar-refractivity contribution in [3.8, 4) is 5.75 Å². The molecule has 4 heteroatoms. The highest BCUT2D eigenvalue weighted by Gasteiger charge is 2.19. The monoisotopic (exact) mass is 279 g/mol. The number of amides is 1. The van der Waals surface area contributed by atoms with E-state index in [2.05, 4.69) is 32.2 Å². The van der Waals surface area contributed by atoms with E-state index in [1.807, 2.05) is 12.1 Å². The Labute approximate surface area is 121 Å². The van der Waals surface area contributed by atoms with Gasteiger partial charge in [-0.2, -0.15) is 0 Å². The predicted molar refractivity (Wildman–Crippen MR) is 80.3 cm³/mol. The van der Waals surface area contributed by atoms with Crippen LogP contribution in [0.4, 0.5) is 0 Å². The molecular weight excluding hydrogens is 254 g/mol. The van der Waals surface area contributed by atoms with Crippen molar-refractivity contribution >= 4 is 5.91 Å². The van der Waals surface area contributed by atoms with Crippen LogP contribution in [0.1, 0.15) is 31.9 Å². The molecule has 0 atom stereocenters. The van der Waals surface area contributed by atoms with Crippen molar-refractivity contribution in [2.45, 2.75) is 32.6 Å². The number of nitrogens with one attached hydrogen (secondary N) is 1. The minimum absolute atomic E-state index is 0.00655. The van der Waals surface area contributed by atoms with Crippen molar-refractivity contribution < 1.29 is 14.3 Å². The van der Waals surface area contributed by atoms with Crippen LogP contribution in [0.15, 0.2) is 18.2 Å². The quantitative estimate of drug-likeness (QED) is 0.813. The zero-order valence-electron chi connectivity index (χ0n) is 13.1. The minimum atomic E-state index is -0.0200. The summed E-state index contributed by atoms with van der Waals surface area (Å²) in [6.07, 6.45) is 0.372. The second kappa shape index (κ2) is 7.29. The van der Waals surface area contributed by atoms with Gasteiger partial charge in [0.15, 0.2) is 0 Å². The number of methoxy groups -OCH3 is 2. The molecule has 1 aromatic rings. The van der Waals surface area contributed by atoms with Gasteiger partial charge in [0, 0.05) is 13.7 Å². The summed E-state index contributed by atoms with van der Waals surface area (Å²) in [7, 11) is 3.28. The first-order chi connectivity index (χ1) is 9.38. The molecule has 0 aliphatic rings. The lowest BCUT2D eigenvalue weighted by atomic mass is 9.85. The SMILES string of the molecule is COCCNC(=O)Cc1ccc(OC)c(C(C)(C)C)c1. The molecule has 1 amide bonds. The minimum Gasteiger partial charge on any atom is -0.496 e. The molecule has 0 aliphatic carbocycles. The molecule has 1 N–H and O–H groups in total. The first-order valence-electron chi connectivity index (χ1n) is 6.81. The van der Waals surface area contributed by atoms with Crippen molar-refractivity contribution in [3.05, 3.63) is 29.3 Å². The number of hydrogen-bond acceptors (Lipinski definition) is 3. The molecule has 1 aromatic carbocycles. The van der Waals surface area contributed by atoms with Crippen molar-refractivity contribution in [3.63, 3.8) is 0 Å². The fourth-order valence-electron chi connectivity index (χ4n) is 1.99. The third-order valence-corrected chi connectivity index (χ3v) is 3.06. The van der Waals surface area contributed by atoms with Gasteiger partial charge in [-0.15, -0.1) is 0 Å². The topological polar surface area (TPSA) is 47.6 Å². The van der Waals surface area contributed by atoms with Crippen molar-refractivity contribution in [1.82, 2.24) is 5.32 Å². The normalized spacial score (nSPS) is 11.2. The van der Waals surface area contributed by atoms with Crippen LogP contribution in [0.3, 0.4) is 0 Å². The number of ether oxygens (including phenoxy) is 2. The smallest absolute Gasteiger partial charge is 0.224 e. The summed E-state index contributed by atoms with van der Waals surface area (Å²) in [5.41, 5.74) is 2.08. The maximum atomic E-state index is 11.8. The fourth-order valence-corrected chi connectivity index (χ4v) is 1.99. The summed E-state index contributed by atoms with van der Waals surface area (Å²) in [5, 5.41) is 2.82. The molecular formula is C16H25NO3. The lowest BCUT2D eigenvalue weighted by Gasteiger charge is -2.23. The van der Waals surface area contributed by atoms with E-state index in [1.165, 1.54) is 0 Å². The van der Waals surface area contributed by atoms with Gasteiger partial charge in [0.05, 0.1) is 20.1 Å². The van der Waals surface area contributed by atoms with Gasteiger partial charge in [-0.25, -0.2) is 0 Å². The molecule has 20 heavy (non-hydrogen) atoms. The van der Waals surface area contributed by atoms with E-state index in [1.54, 1.807) is 14.2 Å². The zero-order valence-corrected chi connectivity index (χ0v) is 13.1. The summed E-state index contributed by atoms with van der Waals surface area (Å²) in [5.74, 6) is 0.869. The van der Waals surface area contributed by atoms with E-state index in [-0.39, 0.29) is 11.3 Å². The third kappa shape index (κ3) is 4.85. The Morgan fingerprint density at radius 3 is 2.50 bits per heavy atom. The van der Waals surface area contributed by atoms with Gasteiger partial charge in [-0.1, -0.05) is 32.9 Å². The van der Waals surface area contributed by atoms with Crippen molar-refractivity contribution in [2.24, 2.45) is 0 Å². The van der Waals surface area contributed by atoms with Gasteiger partial charge in [0.1, 0.15) is 5.75 Å². The average molecular weight is 279 g/mol. The molecule has 1 rings (SSSR count). The van der Waals surface area contributed by atoms with Gasteiger partial charge in [-0.3, -0.25) is 4.79 Å². The molecule has 0 saturated heterocycles. The zero-order chi connectivity index (χ0) is 15.2. The predicted octanol–water partition coefficient (Wildman–Crippen LogP) is 2.30. The molecule has 0 unspecified atom stereocenters. The van der Waals surface area contributed by atoms with Gasteiger partial charge >= 0.3 is 0 Å². The Hall–Kier alpha value is -1.55. The number of rotatable bonds is 6. The lowest BCUT2D eigenvalue weighted by molar-refractivity contribution is -0.120. The number of carbonyl (C=O) groups is 1. The van der Waals surface area contributed by atoms with Gasteiger partial charge in [-0.05, 0) is 22.6 Å². The highest BCUT2D eigenvalue weighted by molar-refractivity contribution is 5.78. The summed E-state index contributed by atoms with van der Waals surface area (Å²) >= 11 is 0. The van der Waals surface area contributed by atoms with Crippen LogP contribution in [0, 0.1) is 0 Å². The lowest BCUT2D eigenvalue weighted by Crippen LogP contribution is -2.28. The molecule has 0 fully saturated rings. The summed E-state index contributed by atoms with van der Waals surface area (Å²) in [6, 6.07) is 5.91. The molecule has 0 aromatic heterocycles. The van der Waals surface area contributed by atoms with Crippen LogP contribution in [-0.4, -0.2) is 33.3 Å². The van der Waals surface area contributed by atoms with Crippen LogP contribution in [-0.2, 0) is 21.4 Å². The molecule has 0 saturated carbocycles. The van der Waals surface area contributed by atoms with E-state index in [9.17, 15) is 4.79 Å². The first-order valence-corrected chi connectivity index (χ1v) is 6.81. The maximum Gasteiger partial charge on any atom is 0.224 e. The number of hydrogen-bond donors (Lipinski definition) is 1. The summed E-state index contributed by atoms with van der Waals surface area (Å²) < 4.78 is 10.3. The molecule has 0 heterocycles. The van der Waals surface area contributed by atoms with Crippen LogP contribution < -0.4 is 10.1 Å². The van der Waals surface area contributed by atoms with Gasteiger partial charge in [0.25, 0.3) is 0 Å². The van der Waals surface area contributed by atoms with E-state index >= 15 is 0 Å². The van der Waals surface area contributed by atoms with E-state index in [0.717, 1.165) is 16.9 Å². The van der Waals surface area contributed by atoms with Crippen LogP contribution >= 0.6 is 0 Å². The Morgan fingerprint density at radius 1 is 1.25 bits per heavy atom. The molecule has 0 radical (unpaired) electrons. The third-order valence-electron chi connectivity index (χ3n) is 3.06. The fraction of sp³-hybridized carbons (Fsp3) is 0.562. The van der Waals surface area contributed by atoms with Gasteiger partial charge in [0.2, 0.25) is 5.91 Å². The van der Waals surface area contributed by atoms with E-state index in [0.29, 0.717) is 19.6 Å². The largest absolute Gasteiger partial charge is 0.496 e. The Balaban J connectivity index is 2.79. The Kier molecular flexibility index (Phi) is 6.02. The molecule has 112 valence electrons. The van der Waals surface area contributed by atoms with Gasteiger partial charge < -0.3 is 14.8 Å². The highest BCUT2D eigenvalue weighted by atomic mass is 16.5. The van der Waals surface area contributed by atoms with Crippen LogP contribution in [0.5, 0.6) is 5.75 Å². The van der Waals surface area contributed by atoms with Crippen molar-refractivity contribution in [2.75, 3.05) is 27.4 Å². The van der Waals surface area contributed by atoms with Crippen LogP contribution in [0.2, 0.25) is 0 Å². The standard InChI is InChI=1S/C16H25NO3/c1-16(2,3)13-10-12(6-7-14(13)20-5)11-15(18)17-8-9-19-4/h6-7,10H,8-9,11H2,1-5H3,(H,17,18). The van der Waals surface area contributed by atoms with Crippen LogP contribution in [0.25, 0.3) is 0 Å². The second-order valence-electron chi connectivity index (χ2n) is 5.80. The highest BCUT2D eigenvalue weighted by Crippen LogP contribution is 2.32. The summed E-state index contributed by atoms with van der Waals surface area (Å²) in [4.78, 5) is 11.8. The molecule has 0 bridgehead atoms. The molecule has 4 nitrogen and oxygen atoms in total. The second-order valence-corrected chi connectivity index (χ2v) is 5.80. The average Bonchev–Trinajstić information content (AvgIpc) is 2.38. The Bertz CT molecular complexity index is 450. The molecule has 0 spiro atoms. The van der Waals surface area contributed by atoms with Crippen molar-refractivity contribution in [1.29, 1.82) is 0 Å². The number of carbonyl (C=O) groups excluding carboxylic acids is 1. The maximum absolute atomic E-state index is 11.8. The number of benzene rings is 1. The van der Waals surface area contributed by atoms with E-state index in [4.69, 9.17) is 9.47 Å². The summed E-state index contributed by atoms with van der Waals surface area (Å²) in [6.45, 7) is 7.47. The first kappa shape index (κ1) is 16.5. The Morgan fingerprint density at radius 2 is 1.95 bits per heavy atom. The molecule has 0 aliphatic heterocycles. The van der Waals surface area contributed by atoms with E-state index < -0.39 is 0 Å².